The first-order chi connectivity index (χ1) is 14.2. The van der Waals surface area contributed by atoms with E-state index in [0.717, 1.165) is 37.3 Å². The minimum Gasteiger partial charge on any atom is -0.350 e. The molecule has 0 aliphatic carbocycles. The van der Waals surface area contributed by atoms with Crippen LogP contribution in [0.25, 0.3) is 11.0 Å². The molecular weight excluding hydrogens is 403 g/mol. The lowest BCUT2D eigenvalue weighted by Gasteiger charge is -2.33. The molecule has 1 aliphatic heterocycles. The Morgan fingerprint density at radius 3 is 2.67 bits per heavy atom. The summed E-state index contributed by atoms with van der Waals surface area (Å²) in [5, 5.41) is 14.1. The Morgan fingerprint density at radius 2 is 2.00 bits per heavy atom. The molecule has 1 atom stereocenters. The molecule has 0 amide bonds. The van der Waals surface area contributed by atoms with Crippen molar-refractivity contribution < 1.29 is 18.1 Å². The number of fused-ring (bicyclic) bond motifs is 1. The van der Waals surface area contributed by atoms with Crippen molar-refractivity contribution in [3.8, 4) is 0 Å². The summed E-state index contributed by atoms with van der Waals surface area (Å²) in [6, 6.07) is 4.47. The number of piperidine rings is 1. The number of nitrogens with one attached hydrogen (secondary N) is 1. The molecule has 12 heteroatoms. The number of nitro benzene ring substituents is 1. The van der Waals surface area contributed by atoms with Crippen molar-refractivity contribution in [2.24, 2.45) is 7.05 Å². The predicted molar refractivity (Wildman–Crippen MR) is 103 cm³/mol. The van der Waals surface area contributed by atoms with E-state index in [-0.39, 0.29) is 17.7 Å². The summed E-state index contributed by atoms with van der Waals surface area (Å²) < 4.78 is 39.8. The molecular formula is C18H18F3N7O2. The van der Waals surface area contributed by atoms with Gasteiger partial charge in [-0.2, -0.15) is 13.2 Å². The van der Waals surface area contributed by atoms with Crippen molar-refractivity contribution in [2.75, 3.05) is 23.3 Å². The number of imidazole rings is 1. The molecule has 0 bridgehead atoms. The predicted octanol–water partition coefficient (Wildman–Crippen LogP) is 3.37. The molecule has 1 N–H and O–H groups in total. The van der Waals surface area contributed by atoms with E-state index in [1.165, 1.54) is 12.1 Å². The first-order valence-electron chi connectivity index (χ1n) is 9.24. The van der Waals surface area contributed by atoms with Crippen LogP contribution >= 0.6 is 0 Å². The van der Waals surface area contributed by atoms with Gasteiger partial charge in [0.2, 0.25) is 11.9 Å². The van der Waals surface area contributed by atoms with Crippen molar-refractivity contribution in [3.05, 3.63) is 46.3 Å². The van der Waals surface area contributed by atoms with Gasteiger partial charge in [-0.3, -0.25) is 10.1 Å². The lowest BCUT2D eigenvalue weighted by molar-refractivity contribution is -0.384. The normalized spacial score (nSPS) is 17.3. The van der Waals surface area contributed by atoms with Crippen molar-refractivity contribution in [2.45, 2.75) is 25.1 Å². The lowest BCUT2D eigenvalue weighted by atomic mass is 10.1. The van der Waals surface area contributed by atoms with Gasteiger partial charge in [0.05, 0.1) is 21.5 Å². The summed E-state index contributed by atoms with van der Waals surface area (Å²) in [5.41, 5.74) is 0.386. The highest BCUT2D eigenvalue weighted by atomic mass is 19.4. The molecule has 0 spiro atoms. The van der Waals surface area contributed by atoms with Crippen LogP contribution in [0, 0.1) is 10.1 Å². The van der Waals surface area contributed by atoms with E-state index in [2.05, 4.69) is 20.3 Å². The van der Waals surface area contributed by atoms with E-state index in [1.807, 2.05) is 16.5 Å². The zero-order valence-corrected chi connectivity index (χ0v) is 15.9. The quantitative estimate of drug-likeness (QED) is 0.509. The Kier molecular flexibility index (Phi) is 4.92. The second-order valence-corrected chi connectivity index (χ2v) is 7.12. The van der Waals surface area contributed by atoms with E-state index >= 15 is 0 Å². The van der Waals surface area contributed by atoms with Crippen LogP contribution in [-0.4, -0.2) is 43.6 Å². The second kappa shape index (κ2) is 7.43. The van der Waals surface area contributed by atoms with Crippen molar-refractivity contribution >= 4 is 28.6 Å². The molecule has 2 aromatic heterocycles. The van der Waals surface area contributed by atoms with Crippen LogP contribution in [-0.2, 0) is 13.2 Å². The van der Waals surface area contributed by atoms with E-state index in [4.69, 9.17) is 0 Å². The average Bonchev–Trinajstić information content (AvgIpc) is 3.04. The van der Waals surface area contributed by atoms with Gasteiger partial charge >= 0.3 is 6.18 Å². The van der Waals surface area contributed by atoms with E-state index in [1.54, 1.807) is 6.07 Å². The Morgan fingerprint density at radius 1 is 1.27 bits per heavy atom. The van der Waals surface area contributed by atoms with Crippen LogP contribution in [0.3, 0.4) is 0 Å². The number of aromatic nitrogens is 4. The second-order valence-electron chi connectivity index (χ2n) is 7.12. The van der Waals surface area contributed by atoms with Crippen molar-refractivity contribution in [1.29, 1.82) is 0 Å². The maximum absolute atomic E-state index is 12.7. The van der Waals surface area contributed by atoms with Crippen LogP contribution in [0.4, 0.5) is 30.8 Å². The molecule has 0 saturated carbocycles. The molecule has 1 aliphatic rings. The summed E-state index contributed by atoms with van der Waals surface area (Å²) in [4.78, 5) is 24.7. The SMILES string of the molecule is Cn1c(N2CCCC(Nc3ncc(C(F)(F)F)cn3)C2)nc2cc([N+](=O)[O-])ccc21. The zero-order chi connectivity index (χ0) is 21.5. The molecule has 4 rings (SSSR count). The largest absolute Gasteiger partial charge is 0.419 e. The number of anilines is 2. The summed E-state index contributed by atoms with van der Waals surface area (Å²) >= 11 is 0. The van der Waals surface area contributed by atoms with Crippen LogP contribution in [0.1, 0.15) is 18.4 Å². The lowest BCUT2D eigenvalue weighted by Crippen LogP contribution is -2.43. The van der Waals surface area contributed by atoms with Crippen LogP contribution in [0.2, 0.25) is 0 Å². The van der Waals surface area contributed by atoms with E-state index < -0.39 is 16.7 Å². The Labute approximate surface area is 168 Å². The topological polar surface area (TPSA) is 102 Å². The number of hydrogen-bond acceptors (Lipinski definition) is 7. The van der Waals surface area contributed by atoms with Gasteiger partial charge in [0.25, 0.3) is 5.69 Å². The first kappa shape index (κ1) is 19.9. The number of hydrogen-bond donors (Lipinski definition) is 1. The number of rotatable bonds is 4. The highest BCUT2D eigenvalue weighted by Crippen LogP contribution is 2.29. The van der Waals surface area contributed by atoms with Crippen LogP contribution in [0.5, 0.6) is 0 Å². The summed E-state index contributed by atoms with van der Waals surface area (Å²) in [7, 11) is 1.84. The monoisotopic (exact) mass is 421 g/mol. The van der Waals surface area contributed by atoms with Crippen LogP contribution < -0.4 is 10.2 Å². The molecule has 3 aromatic rings. The maximum Gasteiger partial charge on any atom is 0.419 e. The fraction of sp³-hybridized carbons (Fsp3) is 0.389. The molecule has 158 valence electrons. The van der Waals surface area contributed by atoms with Gasteiger partial charge in [0, 0.05) is 50.7 Å². The van der Waals surface area contributed by atoms with Gasteiger partial charge in [-0.15, -0.1) is 0 Å². The number of halogens is 3. The van der Waals surface area contributed by atoms with E-state index in [0.29, 0.717) is 18.0 Å². The first-order valence-corrected chi connectivity index (χ1v) is 9.24. The van der Waals surface area contributed by atoms with Gasteiger partial charge in [-0.05, 0) is 18.9 Å². The molecule has 1 saturated heterocycles. The molecule has 1 fully saturated rings. The Bertz CT molecular complexity index is 1080. The maximum atomic E-state index is 12.7. The number of aryl methyl sites for hydroxylation is 1. The van der Waals surface area contributed by atoms with Gasteiger partial charge in [-0.25, -0.2) is 15.0 Å². The Balaban J connectivity index is 1.51. The number of benzene rings is 1. The smallest absolute Gasteiger partial charge is 0.350 e. The third-order valence-corrected chi connectivity index (χ3v) is 5.07. The summed E-state index contributed by atoms with van der Waals surface area (Å²) in [5.74, 6) is 0.806. The standard InChI is InChI=1S/C18H18F3N7O2/c1-26-15-5-4-13(28(29)30)7-14(15)25-17(26)27-6-2-3-12(10-27)24-16-22-8-11(9-23-16)18(19,20)21/h4-5,7-9,12H,2-3,6,10H2,1H3,(H,22,23,24). The number of non-ortho nitro benzene ring substituents is 1. The molecule has 3 heterocycles. The van der Waals surface area contributed by atoms with Gasteiger partial charge < -0.3 is 14.8 Å². The van der Waals surface area contributed by atoms with E-state index in [9.17, 15) is 23.3 Å². The van der Waals surface area contributed by atoms with Crippen LogP contribution in [0.15, 0.2) is 30.6 Å². The highest BCUT2D eigenvalue weighted by Gasteiger charge is 2.31. The molecule has 9 nitrogen and oxygen atoms in total. The number of nitro groups is 1. The van der Waals surface area contributed by atoms with Crippen molar-refractivity contribution in [3.63, 3.8) is 0 Å². The van der Waals surface area contributed by atoms with Gasteiger partial charge in [0.15, 0.2) is 0 Å². The third-order valence-electron chi connectivity index (χ3n) is 5.07. The molecule has 1 aromatic carbocycles. The Hall–Kier alpha value is -3.44. The minimum atomic E-state index is -4.48. The molecule has 1 unspecified atom stereocenters. The zero-order valence-electron chi connectivity index (χ0n) is 15.9. The average molecular weight is 421 g/mol. The van der Waals surface area contributed by atoms with Gasteiger partial charge in [-0.1, -0.05) is 0 Å². The molecule has 30 heavy (non-hydrogen) atoms. The number of alkyl halides is 3. The minimum absolute atomic E-state index is 0.0233. The number of nitrogens with zero attached hydrogens (tertiary/aromatic N) is 6. The highest BCUT2D eigenvalue weighted by molar-refractivity contribution is 5.81. The fourth-order valence-corrected chi connectivity index (χ4v) is 3.58. The summed E-state index contributed by atoms with van der Waals surface area (Å²) in [6.45, 7) is 1.29. The van der Waals surface area contributed by atoms with Crippen molar-refractivity contribution in [1.82, 2.24) is 19.5 Å². The fourth-order valence-electron chi connectivity index (χ4n) is 3.58. The molecule has 0 radical (unpaired) electrons. The van der Waals surface area contributed by atoms with Gasteiger partial charge in [0.1, 0.15) is 0 Å². The third kappa shape index (κ3) is 3.84. The summed E-state index contributed by atoms with van der Waals surface area (Å²) in [6.07, 6.45) is -1.32.